The molecular formula is C19H16ClF5N6O3S. The first-order valence-corrected chi connectivity index (χ1v) is 11.4. The number of anilines is 1. The number of rotatable bonds is 7. The molecule has 3 aromatic rings. The number of halogens is 6. The highest BCUT2D eigenvalue weighted by atomic mass is 35.5. The standard InChI is InChI=1S/C19H16ClF5N6O3S/c20-14-6-12(3-4-15(14)21)31-13(7-17(30-31)19(23,24)25)9-27-18(32)29-11-2-1-10(16(22)5-11)8-28-35(26,33)34/h1-7,28H,8-9H2,(H2,26,33,34)(H2,27,29,32). The lowest BCUT2D eigenvalue weighted by Crippen LogP contribution is -2.30. The van der Waals surface area contributed by atoms with Gasteiger partial charge in [-0.25, -0.2) is 23.4 Å². The lowest BCUT2D eigenvalue weighted by atomic mass is 10.2. The van der Waals surface area contributed by atoms with Crippen molar-refractivity contribution in [2.75, 3.05) is 5.32 Å². The zero-order valence-corrected chi connectivity index (χ0v) is 18.9. The van der Waals surface area contributed by atoms with Crippen LogP contribution >= 0.6 is 11.6 Å². The van der Waals surface area contributed by atoms with Gasteiger partial charge in [0.1, 0.15) is 11.6 Å². The SMILES string of the molecule is NS(=O)(=O)NCc1ccc(NC(=O)NCc2cc(C(F)(F)F)nn2-c2ccc(F)c(Cl)c2)cc1F. The van der Waals surface area contributed by atoms with E-state index in [1.54, 1.807) is 0 Å². The molecule has 16 heteroatoms. The number of nitrogens with two attached hydrogens (primary N) is 1. The van der Waals surface area contributed by atoms with Gasteiger partial charge < -0.3 is 10.6 Å². The van der Waals surface area contributed by atoms with E-state index in [0.717, 1.165) is 28.9 Å². The first-order valence-electron chi connectivity index (χ1n) is 9.45. The van der Waals surface area contributed by atoms with Gasteiger partial charge in [0.05, 0.1) is 22.9 Å². The Kier molecular flexibility index (Phi) is 7.64. The molecule has 3 rings (SSSR count). The Hall–Kier alpha value is -3.27. The Labute approximate surface area is 200 Å². The van der Waals surface area contributed by atoms with Crippen molar-refractivity contribution in [1.82, 2.24) is 19.8 Å². The zero-order chi connectivity index (χ0) is 26.0. The third-order valence-electron chi connectivity index (χ3n) is 4.43. The predicted molar refractivity (Wildman–Crippen MR) is 116 cm³/mol. The summed E-state index contributed by atoms with van der Waals surface area (Å²) in [5.41, 5.74) is -1.40. The third-order valence-corrected chi connectivity index (χ3v) is 5.26. The van der Waals surface area contributed by atoms with Crippen molar-refractivity contribution >= 4 is 33.5 Å². The van der Waals surface area contributed by atoms with E-state index in [0.29, 0.717) is 6.07 Å². The number of benzene rings is 2. The molecule has 0 unspecified atom stereocenters. The van der Waals surface area contributed by atoms with Gasteiger partial charge in [0, 0.05) is 17.8 Å². The van der Waals surface area contributed by atoms with E-state index in [9.17, 15) is 35.2 Å². The summed E-state index contributed by atoms with van der Waals surface area (Å²) in [6, 6.07) is 6.37. The monoisotopic (exact) mass is 538 g/mol. The smallest absolute Gasteiger partial charge is 0.332 e. The molecule has 1 heterocycles. The van der Waals surface area contributed by atoms with Crippen molar-refractivity contribution in [3.05, 3.63) is 76.1 Å². The van der Waals surface area contributed by atoms with Crippen LogP contribution in [-0.2, 0) is 29.5 Å². The van der Waals surface area contributed by atoms with E-state index in [4.69, 9.17) is 16.7 Å². The summed E-state index contributed by atoms with van der Waals surface area (Å²) in [6.45, 7) is -0.862. The number of nitrogens with zero attached hydrogens (tertiary/aromatic N) is 2. The number of amides is 2. The molecule has 0 fully saturated rings. The van der Waals surface area contributed by atoms with Gasteiger partial charge in [-0.05, 0) is 36.4 Å². The molecule has 0 spiro atoms. The fraction of sp³-hybridized carbons (Fsp3) is 0.158. The van der Waals surface area contributed by atoms with Crippen molar-refractivity contribution in [2.24, 2.45) is 5.14 Å². The van der Waals surface area contributed by atoms with Gasteiger partial charge in [0.2, 0.25) is 0 Å². The second kappa shape index (κ2) is 10.2. The molecule has 0 aliphatic carbocycles. The van der Waals surface area contributed by atoms with E-state index >= 15 is 0 Å². The van der Waals surface area contributed by atoms with E-state index < -0.39 is 52.8 Å². The molecule has 0 saturated carbocycles. The normalized spacial score (nSPS) is 12.0. The molecule has 0 aliphatic rings. The molecule has 0 aliphatic heterocycles. The average molecular weight is 539 g/mol. The molecule has 2 amide bonds. The topological polar surface area (TPSA) is 131 Å². The number of carbonyl (C=O) groups is 1. The molecule has 0 saturated heterocycles. The number of urea groups is 1. The molecule has 1 aromatic heterocycles. The van der Waals surface area contributed by atoms with Gasteiger partial charge in [-0.3, -0.25) is 0 Å². The lowest BCUT2D eigenvalue weighted by molar-refractivity contribution is -0.141. The van der Waals surface area contributed by atoms with Crippen LogP contribution in [0.4, 0.5) is 32.4 Å². The fourth-order valence-electron chi connectivity index (χ4n) is 2.82. The number of aromatic nitrogens is 2. The van der Waals surface area contributed by atoms with Crippen molar-refractivity contribution in [2.45, 2.75) is 19.3 Å². The Balaban J connectivity index is 1.73. The van der Waals surface area contributed by atoms with Crippen LogP contribution in [0.2, 0.25) is 5.02 Å². The van der Waals surface area contributed by atoms with Crippen LogP contribution in [0.1, 0.15) is 17.0 Å². The number of nitrogens with one attached hydrogen (secondary N) is 3. The second-order valence-electron chi connectivity index (χ2n) is 7.01. The Morgan fingerprint density at radius 2 is 1.77 bits per heavy atom. The molecule has 0 bridgehead atoms. The van der Waals surface area contributed by atoms with E-state index in [-0.39, 0.29) is 27.7 Å². The lowest BCUT2D eigenvalue weighted by Gasteiger charge is -2.11. The maximum atomic E-state index is 14.1. The van der Waals surface area contributed by atoms with Crippen LogP contribution < -0.4 is 20.5 Å². The van der Waals surface area contributed by atoms with E-state index in [1.807, 2.05) is 4.72 Å². The van der Waals surface area contributed by atoms with Crippen LogP contribution in [0.5, 0.6) is 0 Å². The first kappa shape index (κ1) is 26.3. The predicted octanol–water partition coefficient (Wildman–Crippen LogP) is 3.44. The summed E-state index contributed by atoms with van der Waals surface area (Å²) < 4.78 is 91.7. The van der Waals surface area contributed by atoms with Gasteiger partial charge in [0.25, 0.3) is 10.2 Å². The highest BCUT2D eigenvalue weighted by Gasteiger charge is 2.35. The van der Waals surface area contributed by atoms with Crippen LogP contribution in [-0.4, -0.2) is 24.2 Å². The van der Waals surface area contributed by atoms with Gasteiger partial charge >= 0.3 is 12.2 Å². The second-order valence-corrected chi connectivity index (χ2v) is 8.79. The molecule has 0 radical (unpaired) electrons. The summed E-state index contributed by atoms with van der Waals surface area (Å²) in [5.74, 6) is -1.63. The Bertz CT molecular complexity index is 1360. The fourth-order valence-corrected chi connectivity index (χ4v) is 3.35. The number of alkyl halides is 3. The Morgan fingerprint density at radius 1 is 1.06 bits per heavy atom. The number of hydrogen-bond donors (Lipinski definition) is 4. The third kappa shape index (κ3) is 7.11. The zero-order valence-electron chi connectivity index (χ0n) is 17.3. The highest BCUT2D eigenvalue weighted by Crippen LogP contribution is 2.30. The van der Waals surface area contributed by atoms with Gasteiger partial charge in [0.15, 0.2) is 5.69 Å². The van der Waals surface area contributed by atoms with Crippen molar-refractivity contribution in [3.8, 4) is 5.69 Å². The van der Waals surface area contributed by atoms with Gasteiger partial charge in [-0.2, -0.15) is 31.4 Å². The average Bonchev–Trinajstić information content (AvgIpc) is 3.18. The van der Waals surface area contributed by atoms with Crippen molar-refractivity contribution < 1.29 is 35.2 Å². The maximum absolute atomic E-state index is 14.1. The first-order chi connectivity index (χ1) is 16.2. The minimum atomic E-state index is -4.79. The molecule has 5 N–H and O–H groups in total. The maximum Gasteiger partial charge on any atom is 0.435 e. The van der Waals surface area contributed by atoms with E-state index in [1.165, 1.54) is 12.1 Å². The Morgan fingerprint density at radius 3 is 2.37 bits per heavy atom. The van der Waals surface area contributed by atoms with Crippen LogP contribution in [0.15, 0.2) is 42.5 Å². The molecular weight excluding hydrogens is 523 g/mol. The molecule has 9 nitrogen and oxygen atoms in total. The number of hydrogen-bond acceptors (Lipinski definition) is 4. The largest absolute Gasteiger partial charge is 0.435 e. The van der Waals surface area contributed by atoms with Crippen LogP contribution in [0.3, 0.4) is 0 Å². The quantitative estimate of drug-likeness (QED) is 0.343. The summed E-state index contributed by atoms with van der Waals surface area (Å²) in [5, 5.41) is 12.5. The van der Waals surface area contributed by atoms with Crippen LogP contribution in [0.25, 0.3) is 5.69 Å². The molecule has 188 valence electrons. The molecule has 35 heavy (non-hydrogen) atoms. The van der Waals surface area contributed by atoms with Crippen molar-refractivity contribution in [3.63, 3.8) is 0 Å². The summed E-state index contributed by atoms with van der Waals surface area (Å²) in [4.78, 5) is 12.2. The summed E-state index contributed by atoms with van der Waals surface area (Å²) >= 11 is 5.71. The minimum absolute atomic E-state index is 0.0193. The van der Waals surface area contributed by atoms with Gasteiger partial charge in [-0.15, -0.1) is 0 Å². The minimum Gasteiger partial charge on any atom is -0.332 e. The summed E-state index contributed by atoms with van der Waals surface area (Å²) in [7, 11) is -4.04. The van der Waals surface area contributed by atoms with Crippen molar-refractivity contribution in [1.29, 1.82) is 0 Å². The highest BCUT2D eigenvalue weighted by molar-refractivity contribution is 7.87. The molecule has 0 atom stereocenters. The van der Waals surface area contributed by atoms with Crippen LogP contribution in [0, 0.1) is 11.6 Å². The van der Waals surface area contributed by atoms with Gasteiger partial charge in [-0.1, -0.05) is 17.7 Å². The molecule has 2 aromatic carbocycles. The number of carbonyl (C=O) groups excluding carboxylic acids is 1. The summed E-state index contributed by atoms with van der Waals surface area (Å²) in [6.07, 6.45) is -4.79. The van der Waals surface area contributed by atoms with E-state index in [2.05, 4.69) is 15.7 Å².